The van der Waals surface area contributed by atoms with Crippen LogP contribution in [0.25, 0.3) is 0 Å². The summed E-state index contributed by atoms with van der Waals surface area (Å²) in [4.78, 5) is 14.8. The van der Waals surface area contributed by atoms with Gasteiger partial charge in [-0.1, -0.05) is 19.8 Å². The van der Waals surface area contributed by atoms with E-state index in [4.69, 9.17) is 4.74 Å². The number of carbonyl (C=O) groups excluding carboxylic acids is 1. The lowest BCUT2D eigenvalue weighted by molar-refractivity contribution is -0.153. The smallest absolute Gasteiger partial charge is 0.326 e. The molecule has 0 saturated heterocycles. The van der Waals surface area contributed by atoms with Gasteiger partial charge >= 0.3 is 5.97 Å². The normalized spacial score (nSPS) is 27.0. The molecule has 0 spiro atoms. The highest BCUT2D eigenvalue weighted by Gasteiger charge is 2.48. The molecule has 1 saturated carbocycles. The molecule has 0 aromatic rings. The Morgan fingerprint density at radius 1 is 1.48 bits per heavy atom. The van der Waals surface area contributed by atoms with Crippen molar-refractivity contribution in [1.29, 1.82) is 0 Å². The fourth-order valence-electron chi connectivity index (χ4n) is 3.65. The summed E-state index contributed by atoms with van der Waals surface area (Å²) in [7, 11) is 4.10. The molecule has 0 amide bonds. The standard InChI is InChI=1S/C17H34N2O2/c1-6-9-14(3)19(5)13-11-15-10-8-12-17(15,18-4)16(20)21-7-2/h14-15,18H,6-13H2,1-5H3. The van der Waals surface area contributed by atoms with Crippen LogP contribution >= 0.6 is 0 Å². The first-order valence-corrected chi connectivity index (χ1v) is 8.58. The summed E-state index contributed by atoms with van der Waals surface area (Å²) in [6.07, 6.45) is 6.65. The molecule has 0 aromatic heterocycles. The van der Waals surface area contributed by atoms with Gasteiger partial charge in [-0.05, 0) is 66.1 Å². The van der Waals surface area contributed by atoms with Gasteiger partial charge in [-0.15, -0.1) is 0 Å². The Morgan fingerprint density at radius 2 is 2.19 bits per heavy atom. The molecule has 1 N–H and O–H groups in total. The quantitative estimate of drug-likeness (QED) is 0.665. The summed E-state index contributed by atoms with van der Waals surface area (Å²) < 4.78 is 5.33. The zero-order valence-corrected chi connectivity index (χ0v) is 14.6. The van der Waals surface area contributed by atoms with Crippen molar-refractivity contribution in [3.8, 4) is 0 Å². The second kappa shape index (κ2) is 8.74. The van der Waals surface area contributed by atoms with E-state index in [1.54, 1.807) is 0 Å². The van der Waals surface area contributed by atoms with Gasteiger partial charge in [0.2, 0.25) is 0 Å². The van der Waals surface area contributed by atoms with E-state index < -0.39 is 5.54 Å². The van der Waals surface area contributed by atoms with Crippen molar-refractivity contribution in [3.05, 3.63) is 0 Å². The molecule has 3 unspecified atom stereocenters. The molecule has 21 heavy (non-hydrogen) atoms. The predicted octanol–water partition coefficient (Wildman–Crippen LogP) is 2.82. The Hall–Kier alpha value is -0.610. The zero-order chi connectivity index (χ0) is 15.9. The lowest BCUT2D eigenvalue weighted by atomic mass is 9.84. The van der Waals surface area contributed by atoms with Gasteiger partial charge in [0.25, 0.3) is 0 Å². The number of carbonyl (C=O) groups is 1. The number of likely N-dealkylation sites (N-methyl/N-ethyl adjacent to an activating group) is 1. The van der Waals surface area contributed by atoms with Gasteiger partial charge in [0.05, 0.1) is 6.61 Å². The van der Waals surface area contributed by atoms with Crippen molar-refractivity contribution < 1.29 is 9.53 Å². The number of ether oxygens (including phenoxy) is 1. The van der Waals surface area contributed by atoms with E-state index in [0.717, 1.165) is 32.2 Å². The number of esters is 1. The van der Waals surface area contributed by atoms with Crippen molar-refractivity contribution in [2.45, 2.75) is 70.9 Å². The zero-order valence-electron chi connectivity index (χ0n) is 14.6. The molecule has 0 aromatic carbocycles. The van der Waals surface area contributed by atoms with Gasteiger partial charge in [0, 0.05) is 6.04 Å². The van der Waals surface area contributed by atoms with E-state index in [-0.39, 0.29) is 5.97 Å². The summed E-state index contributed by atoms with van der Waals surface area (Å²) in [5, 5.41) is 3.30. The fraction of sp³-hybridized carbons (Fsp3) is 0.941. The molecule has 1 aliphatic carbocycles. The van der Waals surface area contributed by atoms with Crippen LogP contribution in [0.5, 0.6) is 0 Å². The van der Waals surface area contributed by atoms with E-state index in [1.807, 2.05) is 14.0 Å². The van der Waals surface area contributed by atoms with Crippen LogP contribution in [0.1, 0.15) is 59.3 Å². The molecule has 0 bridgehead atoms. The van der Waals surface area contributed by atoms with Gasteiger partial charge in [-0.25, -0.2) is 0 Å². The summed E-state index contributed by atoms with van der Waals surface area (Å²) in [5.74, 6) is 0.331. The minimum Gasteiger partial charge on any atom is -0.465 e. The maximum absolute atomic E-state index is 12.4. The van der Waals surface area contributed by atoms with Gasteiger partial charge in [-0.2, -0.15) is 0 Å². The van der Waals surface area contributed by atoms with E-state index in [0.29, 0.717) is 18.6 Å². The topological polar surface area (TPSA) is 41.6 Å². The van der Waals surface area contributed by atoms with Gasteiger partial charge < -0.3 is 15.0 Å². The monoisotopic (exact) mass is 298 g/mol. The summed E-state index contributed by atoms with van der Waals surface area (Å²) in [6, 6.07) is 0.614. The Morgan fingerprint density at radius 3 is 2.76 bits per heavy atom. The Bertz CT molecular complexity index is 322. The Balaban J connectivity index is 2.61. The van der Waals surface area contributed by atoms with Crippen molar-refractivity contribution in [2.75, 3.05) is 27.2 Å². The van der Waals surface area contributed by atoms with Crippen molar-refractivity contribution >= 4 is 5.97 Å². The van der Waals surface area contributed by atoms with E-state index in [1.165, 1.54) is 12.8 Å². The van der Waals surface area contributed by atoms with Crippen LogP contribution in [0.15, 0.2) is 0 Å². The first kappa shape index (κ1) is 18.4. The number of hydrogen-bond donors (Lipinski definition) is 1. The van der Waals surface area contributed by atoms with E-state index in [2.05, 4.69) is 31.1 Å². The number of hydrogen-bond acceptors (Lipinski definition) is 4. The van der Waals surface area contributed by atoms with Gasteiger partial charge in [-0.3, -0.25) is 4.79 Å². The molecular weight excluding hydrogens is 264 g/mol. The summed E-state index contributed by atoms with van der Waals surface area (Å²) >= 11 is 0. The number of rotatable bonds is 9. The van der Waals surface area contributed by atoms with Crippen LogP contribution in [-0.2, 0) is 9.53 Å². The molecule has 3 atom stereocenters. The molecule has 4 heteroatoms. The maximum Gasteiger partial charge on any atom is 0.326 e. The lowest BCUT2D eigenvalue weighted by Gasteiger charge is -2.34. The first-order valence-electron chi connectivity index (χ1n) is 8.58. The van der Waals surface area contributed by atoms with Crippen LogP contribution in [0, 0.1) is 5.92 Å². The fourth-order valence-corrected chi connectivity index (χ4v) is 3.65. The maximum atomic E-state index is 12.4. The second-order valence-corrected chi connectivity index (χ2v) is 6.44. The molecule has 124 valence electrons. The lowest BCUT2D eigenvalue weighted by Crippen LogP contribution is -2.54. The largest absolute Gasteiger partial charge is 0.465 e. The number of nitrogens with one attached hydrogen (secondary N) is 1. The third-order valence-electron chi connectivity index (χ3n) is 5.20. The van der Waals surface area contributed by atoms with Gasteiger partial charge in [0.1, 0.15) is 5.54 Å². The SMILES string of the molecule is CCCC(C)N(C)CCC1CCCC1(NC)C(=O)OCC. The van der Waals surface area contributed by atoms with Crippen LogP contribution in [0.2, 0.25) is 0 Å². The Labute approximate surface area is 130 Å². The highest BCUT2D eigenvalue weighted by Crippen LogP contribution is 2.39. The highest BCUT2D eigenvalue weighted by atomic mass is 16.5. The molecule has 1 aliphatic rings. The summed E-state index contributed by atoms with van der Waals surface area (Å²) in [5.41, 5.74) is -0.454. The molecule has 4 nitrogen and oxygen atoms in total. The van der Waals surface area contributed by atoms with E-state index >= 15 is 0 Å². The molecule has 0 aliphatic heterocycles. The molecular formula is C17H34N2O2. The highest BCUT2D eigenvalue weighted by molar-refractivity contribution is 5.81. The van der Waals surface area contributed by atoms with E-state index in [9.17, 15) is 4.79 Å². The third kappa shape index (κ3) is 4.43. The predicted molar refractivity (Wildman–Crippen MR) is 87.4 cm³/mol. The first-order chi connectivity index (χ1) is 10.0. The molecule has 0 radical (unpaired) electrons. The van der Waals surface area contributed by atoms with Crippen molar-refractivity contribution in [3.63, 3.8) is 0 Å². The van der Waals surface area contributed by atoms with Crippen molar-refractivity contribution in [1.82, 2.24) is 10.2 Å². The van der Waals surface area contributed by atoms with Crippen LogP contribution in [-0.4, -0.2) is 49.7 Å². The molecule has 0 heterocycles. The average molecular weight is 298 g/mol. The molecule has 1 fully saturated rings. The number of nitrogens with zero attached hydrogens (tertiary/aromatic N) is 1. The second-order valence-electron chi connectivity index (χ2n) is 6.44. The summed E-state index contributed by atoms with van der Waals surface area (Å²) in [6.45, 7) is 7.91. The minimum atomic E-state index is -0.454. The minimum absolute atomic E-state index is 0.0562. The molecule has 1 rings (SSSR count). The average Bonchev–Trinajstić information content (AvgIpc) is 2.89. The van der Waals surface area contributed by atoms with Crippen molar-refractivity contribution in [2.24, 2.45) is 5.92 Å². The van der Waals surface area contributed by atoms with Crippen LogP contribution in [0.4, 0.5) is 0 Å². The van der Waals surface area contributed by atoms with Gasteiger partial charge in [0.15, 0.2) is 0 Å². The van der Waals surface area contributed by atoms with Crippen LogP contribution < -0.4 is 5.32 Å². The van der Waals surface area contributed by atoms with Crippen LogP contribution in [0.3, 0.4) is 0 Å². The Kier molecular flexibility index (Phi) is 7.67. The third-order valence-corrected chi connectivity index (χ3v) is 5.20.